The Labute approximate surface area is 172 Å². The van der Waals surface area contributed by atoms with Gasteiger partial charge in [-0.25, -0.2) is 12.8 Å². The van der Waals surface area contributed by atoms with Crippen molar-refractivity contribution in [1.29, 1.82) is 0 Å². The van der Waals surface area contributed by atoms with Crippen LogP contribution in [0.15, 0.2) is 76.1 Å². The van der Waals surface area contributed by atoms with Crippen LogP contribution in [-0.2, 0) is 10.0 Å². The number of rotatable bonds is 4. The van der Waals surface area contributed by atoms with Crippen molar-refractivity contribution in [2.45, 2.75) is 18.7 Å². The number of halogens is 3. The molecule has 0 radical (unpaired) electrons. The van der Waals surface area contributed by atoms with Gasteiger partial charge in [0.2, 0.25) is 0 Å². The number of nitrogens with one attached hydrogen (secondary N) is 1. The van der Waals surface area contributed by atoms with E-state index in [1.54, 1.807) is 12.1 Å². The Kier molecular flexibility index (Phi) is 7.41. The predicted octanol–water partition coefficient (Wildman–Crippen LogP) is 6.74. The molecule has 0 heterocycles. The molecule has 3 aromatic rings. The maximum absolute atomic E-state index is 14.1. The normalized spacial score (nSPS) is 10.7. The van der Waals surface area contributed by atoms with E-state index in [0.717, 1.165) is 5.56 Å². The molecule has 3 nitrogen and oxygen atoms in total. The van der Waals surface area contributed by atoms with E-state index in [4.69, 9.17) is 11.6 Å². The van der Waals surface area contributed by atoms with Crippen LogP contribution < -0.4 is 4.72 Å². The van der Waals surface area contributed by atoms with Gasteiger partial charge in [-0.3, -0.25) is 4.72 Å². The first-order valence-electron chi connectivity index (χ1n) is 8.19. The van der Waals surface area contributed by atoms with Gasteiger partial charge in [-0.2, -0.15) is 0 Å². The Morgan fingerprint density at radius 3 is 2.22 bits per heavy atom. The van der Waals surface area contributed by atoms with Crippen LogP contribution in [0.5, 0.6) is 0 Å². The van der Waals surface area contributed by atoms with Gasteiger partial charge in [0.15, 0.2) is 0 Å². The molecule has 3 rings (SSSR count). The van der Waals surface area contributed by atoms with Crippen LogP contribution >= 0.6 is 27.5 Å². The van der Waals surface area contributed by atoms with Gasteiger partial charge in [0.1, 0.15) is 5.82 Å². The summed E-state index contributed by atoms with van der Waals surface area (Å²) < 4.78 is 42.0. The van der Waals surface area contributed by atoms with Gasteiger partial charge in [0.25, 0.3) is 10.0 Å². The molecule has 0 aliphatic rings. The number of benzene rings is 3. The topological polar surface area (TPSA) is 46.2 Å². The highest BCUT2D eigenvalue weighted by Gasteiger charge is 2.18. The molecule has 0 saturated carbocycles. The van der Waals surface area contributed by atoms with Crippen molar-refractivity contribution in [3.8, 4) is 11.1 Å². The highest BCUT2D eigenvalue weighted by Crippen LogP contribution is 2.28. The van der Waals surface area contributed by atoms with Gasteiger partial charge in [-0.15, -0.1) is 0 Å². The molecular weight excluding hydrogens is 453 g/mol. The Hall–Kier alpha value is -1.89. The number of anilines is 1. The second-order valence-electron chi connectivity index (χ2n) is 5.27. The largest absolute Gasteiger partial charge is 0.277 e. The minimum Gasteiger partial charge on any atom is -0.277 e. The third kappa shape index (κ3) is 5.54. The van der Waals surface area contributed by atoms with Crippen molar-refractivity contribution in [1.82, 2.24) is 0 Å². The first-order chi connectivity index (χ1) is 12.8. The summed E-state index contributed by atoms with van der Waals surface area (Å²) in [6, 6.07) is 17.8. The fraction of sp³-hybridized carbons (Fsp3) is 0.100. The van der Waals surface area contributed by atoms with E-state index in [-0.39, 0.29) is 15.6 Å². The van der Waals surface area contributed by atoms with Gasteiger partial charge in [-0.1, -0.05) is 77.8 Å². The summed E-state index contributed by atoms with van der Waals surface area (Å²) in [7, 11) is -3.98. The molecular formula is C20H18BrClFNO2S. The van der Waals surface area contributed by atoms with Crippen molar-refractivity contribution in [3.05, 3.63) is 82.0 Å². The molecule has 0 aromatic heterocycles. The van der Waals surface area contributed by atoms with E-state index < -0.39 is 15.8 Å². The highest BCUT2D eigenvalue weighted by atomic mass is 79.9. The molecule has 3 aromatic carbocycles. The molecule has 7 heteroatoms. The minimum absolute atomic E-state index is 0.0589. The van der Waals surface area contributed by atoms with Gasteiger partial charge in [0.05, 0.1) is 10.6 Å². The van der Waals surface area contributed by atoms with E-state index in [1.807, 2.05) is 44.2 Å². The standard InChI is InChI=1S/C18H12BrClFNO2S.C2H6/c19-14-9-15(20)11-16(10-14)25(23,24)22-18-8-13(6-7-17(18)21)12-4-2-1-3-5-12;1-2/h1-11,22H;1-2H3. The van der Waals surface area contributed by atoms with Crippen LogP contribution in [0, 0.1) is 5.82 Å². The van der Waals surface area contributed by atoms with Crippen LogP contribution in [0.25, 0.3) is 11.1 Å². The SMILES string of the molecule is CC.O=S(=O)(Nc1cc(-c2ccccc2)ccc1F)c1cc(Cl)cc(Br)c1. The van der Waals surface area contributed by atoms with Crippen LogP contribution in [-0.4, -0.2) is 8.42 Å². The summed E-state index contributed by atoms with van der Waals surface area (Å²) >= 11 is 9.10. The molecule has 0 unspecified atom stereocenters. The lowest BCUT2D eigenvalue weighted by Gasteiger charge is -2.11. The Bertz CT molecular complexity index is 1010. The molecule has 0 aliphatic carbocycles. The summed E-state index contributed by atoms with van der Waals surface area (Å²) in [5.41, 5.74) is 1.43. The van der Waals surface area contributed by atoms with Gasteiger partial charge in [-0.05, 0) is 41.5 Å². The van der Waals surface area contributed by atoms with Crippen molar-refractivity contribution in [2.75, 3.05) is 4.72 Å². The summed E-state index contributed by atoms with van der Waals surface area (Å²) in [5, 5.41) is 0.258. The smallest absolute Gasteiger partial charge is 0.262 e. The Morgan fingerprint density at radius 1 is 0.926 bits per heavy atom. The molecule has 142 valence electrons. The minimum atomic E-state index is -3.98. The first-order valence-corrected chi connectivity index (χ1v) is 10.8. The third-order valence-corrected chi connectivity index (χ3v) is 5.49. The molecule has 0 fully saturated rings. The van der Waals surface area contributed by atoms with E-state index >= 15 is 0 Å². The summed E-state index contributed by atoms with van der Waals surface area (Å²) in [5.74, 6) is -0.663. The number of sulfonamides is 1. The van der Waals surface area contributed by atoms with Crippen molar-refractivity contribution in [3.63, 3.8) is 0 Å². The van der Waals surface area contributed by atoms with Crippen molar-refractivity contribution >= 4 is 43.2 Å². The lowest BCUT2D eigenvalue weighted by atomic mass is 10.1. The van der Waals surface area contributed by atoms with Crippen LogP contribution in [0.4, 0.5) is 10.1 Å². The van der Waals surface area contributed by atoms with Crippen LogP contribution in [0.3, 0.4) is 0 Å². The summed E-state index contributed by atoms with van der Waals surface area (Å²) in [6.07, 6.45) is 0. The molecule has 27 heavy (non-hydrogen) atoms. The van der Waals surface area contributed by atoms with Crippen LogP contribution in [0.2, 0.25) is 5.02 Å². The maximum atomic E-state index is 14.1. The molecule has 1 N–H and O–H groups in total. The second-order valence-corrected chi connectivity index (χ2v) is 8.31. The zero-order chi connectivity index (χ0) is 20.0. The molecule has 0 spiro atoms. The average molecular weight is 471 g/mol. The van der Waals surface area contributed by atoms with Crippen LogP contribution in [0.1, 0.15) is 13.8 Å². The maximum Gasteiger partial charge on any atom is 0.262 e. The summed E-state index contributed by atoms with van der Waals surface area (Å²) in [4.78, 5) is -0.0589. The van der Waals surface area contributed by atoms with Gasteiger partial charge >= 0.3 is 0 Å². The lowest BCUT2D eigenvalue weighted by molar-refractivity contribution is 0.598. The van der Waals surface area contributed by atoms with E-state index in [0.29, 0.717) is 10.0 Å². The quantitative estimate of drug-likeness (QED) is 0.459. The number of hydrogen-bond donors (Lipinski definition) is 1. The van der Waals surface area contributed by atoms with E-state index in [9.17, 15) is 12.8 Å². The first kappa shape index (κ1) is 21.4. The van der Waals surface area contributed by atoms with Gasteiger partial charge in [0, 0.05) is 9.50 Å². The molecule has 0 atom stereocenters. The zero-order valence-electron chi connectivity index (χ0n) is 14.7. The average Bonchev–Trinajstić information content (AvgIpc) is 2.65. The summed E-state index contributed by atoms with van der Waals surface area (Å²) in [6.45, 7) is 4.00. The van der Waals surface area contributed by atoms with Crippen molar-refractivity contribution < 1.29 is 12.8 Å². The molecule has 0 saturated heterocycles. The van der Waals surface area contributed by atoms with Gasteiger partial charge < -0.3 is 0 Å². The predicted molar refractivity (Wildman–Crippen MR) is 113 cm³/mol. The zero-order valence-corrected chi connectivity index (χ0v) is 17.9. The highest BCUT2D eigenvalue weighted by molar-refractivity contribution is 9.10. The Balaban J connectivity index is 0.00000126. The Morgan fingerprint density at radius 2 is 1.59 bits per heavy atom. The lowest BCUT2D eigenvalue weighted by Crippen LogP contribution is -2.14. The fourth-order valence-corrected chi connectivity index (χ4v) is 4.51. The molecule has 0 bridgehead atoms. The third-order valence-electron chi connectivity index (χ3n) is 3.46. The monoisotopic (exact) mass is 469 g/mol. The molecule has 0 amide bonds. The second kappa shape index (κ2) is 9.35. The van der Waals surface area contributed by atoms with E-state index in [2.05, 4.69) is 20.7 Å². The van der Waals surface area contributed by atoms with E-state index in [1.165, 1.54) is 24.3 Å². The van der Waals surface area contributed by atoms with Crippen molar-refractivity contribution in [2.24, 2.45) is 0 Å². The molecule has 0 aliphatic heterocycles. The fourth-order valence-electron chi connectivity index (χ4n) is 2.30. The number of hydrogen-bond acceptors (Lipinski definition) is 2.